The SMILES string of the molecule is C[Si]C.Cc1cc2c(-c3cccc4ccccc34)cccc2[cH-]1.Cc1cc2c(-c3cccc4ccccc34)cccc2[cH-]1.[CH2-]CCC.[CH2-]CCC.[Zr+4]. The molecule has 0 amide bonds. The van der Waals surface area contributed by atoms with E-state index in [9.17, 15) is 0 Å². The summed E-state index contributed by atoms with van der Waals surface area (Å²) in [6, 6.07) is 52.5. The topological polar surface area (TPSA) is 0 Å². The van der Waals surface area contributed by atoms with Crippen LogP contribution in [0.5, 0.6) is 0 Å². The summed E-state index contributed by atoms with van der Waals surface area (Å²) < 4.78 is 0. The van der Waals surface area contributed by atoms with Crippen molar-refractivity contribution in [1.82, 2.24) is 0 Å². The van der Waals surface area contributed by atoms with E-state index in [1.165, 1.54) is 89.3 Å². The first-order valence-corrected chi connectivity index (χ1v) is 20.4. The fourth-order valence-corrected chi connectivity index (χ4v) is 6.16. The monoisotopic (exact) mass is 772 g/mol. The molecule has 0 aliphatic rings. The molecule has 0 aliphatic carbocycles. The smallest absolute Gasteiger partial charge is 0.343 e. The van der Waals surface area contributed by atoms with Gasteiger partial charge < -0.3 is 13.8 Å². The van der Waals surface area contributed by atoms with Crippen LogP contribution in [0.1, 0.15) is 50.7 Å². The molecule has 0 atom stereocenters. The molecule has 262 valence electrons. The molecule has 52 heavy (non-hydrogen) atoms. The minimum absolute atomic E-state index is 0. The van der Waals surface area contributed by atoms with Crippen LogP contribution in [0.4, 0.5) is 0 Å². The Morgan fingerprint density at radius 1 is 0.462 bits per heavy atom. The van der Waals surface area contributed by atoms with E-state index in [2.05, 4.69) is 200 Å². The first-order valence-electron chi connectivity index (χ1n) is 18.4. The molecule has 8 aromatic rings. The number of aryl methyl sites for hydroxylation is 2. The number of hydrogen-bond donors (Lipinski definition) is 0. The summed E-state index contributed by atoms with van der Waals surface area (Å²) in [7, 11) is 1.08. The van der Waals surface area contributed by atoms with Crippen LogP contribution in [-0.4, -0.2) is 9.52 Å². The molecule has 2 radical (unpaired) electrons. The number of fused-ring (bicyclic) bond motifs is 4. The first kappa shape index (κ1) is 42.6. The van der Waals surface area contributed by atoms with Crippen molar-refractivity contribution < 1.29 is 26.2 Å². The molecule has 0 saturated heterocycles. The predicted molar refractivity (Wildman–Crippen MR) is 232 cm³/mol. The Morgan fingerprint density at radius 3 is 1.10 bits per heavy atom. The van der Waals surface area contributed by atoms with E-state index >= 15 is 0 Å². The van der Waals surface area contributed by atoms with Gasteiger partial charge in [0.25, 0.3) is 0 Å². The molecule has 0 aromatic heterocycles. The fraction of sp³-hybridized carbons (Fsp3) is 0.200. The van der Waals surface area contributed by atoms with Crippen molar-refractivity contribution >= 4 is 52.6 Å². The predicted octanol–water partition coefficient (Wildman–Crippen LogP) is 15.4. The Hall–Kier alpha value is -3.84. The molecule has 8 rings (SSSR count). The van der Waals surface area contributed by atoms with Gasteiger partial charge in [0.15, 0.2) is 0 Å². The summed E-state index contributed by atoms with van der Waals surface area (Å²) in [4.78, 5) is 0. The van der Waals surface area contributed by atoms with E-state index in [1.54, 1.807) is 0 Å². The maximum atomic E-state index is 3.60. The van der Waals surface area contributed by atoms with Crippen molar-refractivity contribution in [2.75, 3.05) is 0 Å². The molecule has 0 fully saturated rings. The Labute approximate surface area is 336 Å². The summed E-state index contributed by atoms with van der Waals surface area (Å²) in [5, 5.41) is 10.6. The normalized spacial score (nSPS) is 10.2. The average molecular weight is 774 g/mol. The van der Waals surface area contributed by atoms with Gasteiger partial charge in [-0.1, -0.05) is 162 Å². The molecule has 0 saturated carbocycles. The standard InChI is InChI=1S/2C20H15.2C4H9.C2H6Si.Zr/c2*1-14-12-16-8-5-11-19(20(16)13-14)18-10-4-7-15-6-2-3-9-17(15)18;2*1-3-4-2;1-3-2;/h2*2-13H,1H3;2*1,3-4H2,2H3;1-2H3;/q4*-1;;+4. The molecule has 0 N–H and O–H groups in total. The van der Waals surface area contributed by atoms with Crippen molar-refractivity contribution in [3.05, 3.63) is 171 Å². The van der Waals surface area contributed by atoms with Gasteiger partial charge >= 0.3 is 26.2 Å². The Morgan fingerprint density at radius 2 is 0.750 bits per heavy atom. The van der Waals surface area contributed by atoms with E-state index in [0.717, 1.165) is 22.4 Å². The minimum atomic E-state index is 0. The zero-order valence-electron chi connectivity index (χ0n) is 32.1. The Kier molecular flexibility index (Phi) is 18.2. The van der Waals surface area contributed by atoms with Gasteiger partial charge in [-0.3, -0.25) is 0 Å². The van der Waals surface area contributed by atoms with Crippen molar-refractivity contribution in [2.24, 2.45) is 0 Å². The van der Waals surface area contributed by atoms with Crippen molar-refractivity contribution in [3.8, 4) is 22.3 Å². The molecule has 0 unspecified atom stereocenters. The van der Waals surface area contributed by atoms with Gasteiger partial charge in [-0.05, 0) is 32.7 Å². The molecule has 2 heteroatoms. The van der Waals surface area contributed by atoms with Gasteiger partial charge in [0, 0.05) is 9.52 Å². The van der Waals surface area contributed by atoms with E-state index in [-0.39, 0.29) is 26.2 Å². The Balaban J connectivity index is 0.000000216. The molecular weight excluding hydrogens is 720 g/mol. The van der Waals surface area contributed by atoms with Crippen molar-refractivity contribution in [2.45, 2.75) is 66.5 Å². The van der Waals surface area contributed by atoms with Crippen LogP contribution in [-0.2, 0) is 26.2 Å². The summed E-state index contributed by atoms with van der Waals surface area (Å²) in [6.07, 6.45) is 4.56. The molecule has 8 aromatic carbocycles. The molecule has 0 nitrogen and oxygen atoms in total. The molecule has 0 aliphatic heterocycles. The summed E-state index contributed by atoms with van der Waals surface area (Å²) in [5.74, 6) is 0. The second-order valence-corrected chi connectivity index (χ2v) is 13.9. The van der Waals surface area contributed by atoms with E-state index in [0.29, 0.717) is 0 Å². The molecular formula is C50H54SiZr. The van der Waals surface area contributed by atoms with Gasteiger partial charge in [-0.25, -0.2) is 0 Å². The number of rotatable bonds is 4. The van der Waals surface area contributed by atoms with Gasteiger partial charge in [-0.15, -0.1) is 69.1 Å². The molecule has 0 spiro atoms. The maximum absolute atomic E-state index is 3.60. The van der Waals surface area contributed by atoms with Crippen molar-refractivity contribution in [3.63, 3.8) is 0 Å². The molecule has 0 bridgehead atoms. The quantitative estimate of drug-likeness (QED) is 0.123. The van der Waals surface area contributed by atoms with E-state index < -0.39 is 0 Å². The summed E-state index contributed by atoms with van der Waals surface area (Å²) in [6.45, 7) is 20.1. The minimum Gasteiger partial charge on any atom is -0.343 e. The van der Waals surface area contributed by atoms with Crippen LogP contribution < -0.4 is 0 Å². The van der Waals surface area contributed by atoms with E-state index in [4.69, 9.17) is 0 Å². The largest absolute Gasteiger partial charge is 4.00 e. The summed E-state index contributed by atoms with van der Waals surface area (Å²) >= 11 is 0. The van der Waals surface area contributed by atoms with Crippen LogP contribution >= 0.6 is 0 Å². The van der Waals surface area contributed by atoms with Crippen LogP contribution in [0.3, 0.4) is 0 Å². The zero-order valence-corrected chi connectivity index (χ0v) is 35.6. The van der Waals surface area contributed by atoms with Crippen LogP contribution in [0.2, 0.25) is 13.1 Å². The van der Waals surface area contributed by atoms with Gasteiger partial charge in [0.05, 0.1) is 0 Å². The van der Waals surface area contributed by atoms with E-state index in [1.807, 2.05) is 0 Å². The number of hydrogen-bond acceptors (Lipinski definition) is 0. The third kappa shape index (κ3) is 11.1. The third-order valence-electron chi connectivity index (χ3n) is 8.66. The number of unbranched alkanes of at least 4 members (excludes halogenated alkanes) is 2. The first-order chi connectivity index (χ1) is 24.9. The van der Waals surface area contributed by atoms with Gasteiger partial charge in [0.1, 0.15) is 0 Å². The second-order valence-electron chi connectivity index (χ2n) is 12.9. The second kappa shape index (κ2) is 22.3. The Bertz CT molecular complexity index is 2060. The zero-order chi connectivity index (χ0) is 36.6. The fourth-order valence-electron chi connectivity index (χ4n) is 6.16. The summed E-state index contributed by atoms with van der Waals surface area (Å²) in [5.41, 5.74) is 7.94. The van der Waals surface area contributed by atoms with Gasteiger partial charge in [0.2, 0.25) is 0 Å². The maximum Gasteiger partial charge on any atom is 4.00 e. The van der Waals surface area contributed by atoms with Crippen molar-refractivity contribution in [1.29, 1.82) is 0 Å². The van der Waals surface area contributed by atoms with Gasteiger partial charge in [-0.2, -0.15) is 25.0 Å². The van der Waals surface area contributed by atoms with Crippen LogP contribution in [0, 0.1) is 27.7 Å². The van der Waals surface area contributed by atoms with Crippen LogP contribution in [0.15, 0.2) is 146 Å². The molecule has 0 heterocycles. The average Bonchev–Trinajstić information content (AvgIpc) is 3.76. The third-order valence-corrected chi connectivity index (χ3v) is 8.66. The van der Waals surface area contributed by atoms with Crippen LogP contribution in [0.25, 0.3) is 65.3 Å². The number of benzene rings is 6.